The van der Waals surface area contributed by atoms with Crippen LogP contribution in [0.5, 0.6) is 0 Å². The van der Waals surface area contributed by atoms with Crippen molar-refractivity contribution in [3.8, 4) is 0 Å². The van der Waals surface area contributed by atoms with Gasteiger partial charge in [0.25, 0.3) is 0 Å². The van der Waals surface area contributed by atoms with Crippen molar-refractivity contribution in [1.82, 2.24) is 9.03 Å². The Balaban J connectivity index is 4.22. The average Bonchev–Trinajstić information content (AvgIpc) is 1.98. The van der Waals surface area contributed by atoms with E-state index in [1.807, 2.05) is 6.92 Å². The number of sulfonamides is 2. The van der Waals surface area contributed by atoms with Crippen LogP contribution in [0.3, 0.4) is 0 Å². The lowest BCUT2D eigenvalue weighted by atomic mass is 10.5. The number of hydrogen-bond acceptors (Lipinski definition) is 4. The molecule has 6 nitrogen and oxygen atoms in total. The highest BCUT2D eigenvalue weighted by Gasteiger charge is 2.15. The summed E-state index contributed by atoms with van der Waals surface area (Å²) in [6.45, 7) is 2.54. The highest BCUT2D eigenvalue weighted by atomic mass is 32.2. The van der Waals surface area contributed by atoms with E-state index < -0.39 is 20.0 Å². The highest BCUT2D eigenvalue weighted by molar-refractivity contribution is 7.88. The highest BCUT2D eigenvalue weighted by Crippen LogP contribution is 1.98. The van der Waals surface area contributed by atoms with E-state index in [9.17, 15) is 16.8 Å². The number of nitrogens with zero attached hydrogens (tertiary/aromatic N) is 1. The normalized spacial score (nSPS) is 13.3. The summed E-state index contributed by atoms with van der Waals surface area (Å²) in [5, 5.41) is 0. The van der Waals surface area contributed by atoms with Crippen LogP contribution >= 0.6 is 0 Å². The third kappa shape index (κ3) is 7.71. The van der Waals surface area contributed by atoms with Crippen molar-refractivity contribution >= 4 is 20.0 Å². The molecule has 0 atom stereocenters. The van der Waals surface area contributed by atoms with Gasteiger partial charge in [-0.15, -0.1) is 0 Å². The summed E-state index contributed by atoms with van der Waals surface area (Å²) in [4.78, 5) is 0. The summed E-state index contributed by atoms with van der Waals surface area (Å²) in [7, 11) is -6.50. The molecule has 0 aromatic heterocycles. The molecule has 0 heterocycles. The van der Waals surface area contributed by atoms with Gasteiger partial charge in [0.15, 0.2) is 0 Å². The topological polar surface area (TPSA) is 83.6 Å². The lowest BCUT2D eigenvalue weighted by Gasteiger charge is -2.18. The Kier molecular flexibility index (Phi) is 5.71. The molecule has 0 rings (SSSR count). The minimum Gasteiger partial charge on any atom is -0.214 e. The van der Waals surface area contributed by atoms with Gasteiger partial charge < -0.3 is 0 Å². The molecule has 1 N–H and O–H groups in total. The zero-order valence-electron chi connectivity index (χ0n) is 9.23. The van der Waals surface area contributed by atoms with Gasteiger partial charge >= 0.3 is 0 Å². The Morgan fingerprint density at radius 2 is 1.60 bits per heavy atom. The second-order valence-corrected chi connectivity index (χ2v) is 7.14. The van der Waals surface area contributed by atoms with Gasteiger partial charge in [-0.05, 0) is 6.42 Å². The SMILES string of the molecule is CCCN(CCNS(C)(=O)=O)S(C)(=O)=O. The molecule has 0 spiro atoms. The van der Waals surface area contributed by atoms with Gasteiger partial charge in [0.1, 0.15) is 0 Å². The van der Waals surface area contributed by atoms with Crippen molar-refractivity contribution in [2.24, 2.45) is 0 Å². The van der Waals surface area contributed by atoms with E-state index in [1.165, 1.54) is 4.31 Å². The predicted molar refractivity (Wildman–Crippen MR) is 59.6 cm³/mol. The van der Waals surface area contributed by atoms with Crippen LogP contribution < -0.4 is 4.72 Å². The van der Waals surface area contributed by atoms with Crippen LogP contribution in [0, 0.1) is 0 Å². The molecular formula is C7H18N2O4S2. The molecule has 0 fully saturated rings. The molecule has 15 heavy (non-hydrogen) atoms. The van der Waals surface area contributed by atoms with Crippen LogP contribution in [0.15, 0.2) is 0 Å². The summed E-state index contributed by atoms with van der Waals surface area (Å²) < 4.78 is 47.4. The molecule has 0 saturated carbocycles. The summed E-state index contributed by atoms with van der Waals surface area (Å²) in [6, 6.07) is 0. The van der Waals surface area contributed by atoms with Crippen molar-refractivity contribution in [3.05, 3.63) is 0 Å². The van der Waals surface area contributed by atoms with Gasteiger partial charge in [-0.25, -0.2) is 25.9 Å². The third-order valence-corrected chi connectivity index (χ3v) is 3.70. The van der Waals surface area contributed by atoms with Gasteiger partial charge in [-0.3, -0.25) is 0 Å². The molecule has 0 aliphatic heterocycles. The smallest absolute Gasteiger partial charge is 0.211 e. The molecule has 0 unspecified atom stereocenters. The largest absolute Gasteiger partial charge is 0.214 e. The summed E-state index contributed by atoms with van der Waals surface area (Å²) >= 11 is 0. The van der Waals surface area contributed by atoms with E-state index in [4.69, 9.17) is 0 Å². The van der Waals surface area contributed by atoms with Gasteiger partial charge in [0.2, 0.25) is 20.0 Å². The summed E-state index contributed by atoms with van der Waals surface area (Å²) in [5.41, 5.74) is 0. The molecule has 0 radical (unpaired) electrons. The molecule has 0 aliphatic rings. The fourth-order valence-electron chi connectivity index (χ4n) is 1.05. The summed E-state index contributed by atoms with van der Waals surface area (Å²) in [6.07, 6.45) is 2.85. The molecular weight excluding hydrogens is 240 g/mol. The Hall–Kier alpha value is -0.180. The fraction of sp³-hybridized carbons (Fsp3) is 1.00. The first-order valence-corrected chi connectivity index (χ1v) is 8.30. The first kappa shape index (κ1) is 14.8. The minimum absolute atomic E-state index is 0.103. The molecule has 0 aromatic rings. The lowest BCUT2D eigenvalue weighted by Crippen LogP contribution is -2.38. The zero-order chi connectivity index (χ0) is 12.1. The first-order valence-electron chi connectivity index (χ1n) is 4.56. The Labute approximate surface area is 91.8 Å². The van der Waals surface area contributed by atoms with Gasteiger partial charge in [-0.1, -0.05) is 6.92 Å². The molecule has 0 aromatic carbocycles. The van der Waals surface area contributed by atoms with Crippen LogP contribution in [0.4, 0.5) is 0 Å². The van der Waals surface area contributed by atoms with E-state index >= 15 is 0 Å². The molecule has 8 heteroatoms. The quantitative estimate of drug-likeness (QED) is 0.648. The second kappa shape index (κ2) is 5.78. The maximum Gasteiger partial charge on any atom is 0.211 e. The number of nitrogens with one attached hydrogen (secondary N) is 1. The molecule has 0 saturated heterocycles. The zero-order valence-corrected chi connectivity index (χ0v) is 10.9. The first-order chi connectivity index (χ1) is 6.67. The minimum atomic E-state index is -3.25. The van der Waals surface area contributed by atoms with E-state index in [0.717, 1.165) is 12.5 Å². The Bertz CT molecular complexity index is 374. The molecule has 0 aliphatic carbocycles. The second-order valence-electron chi connectivity index (χ2n) is 3.33. The van der Waals surface area contributed by atoms with E-state index in [-0.39, 0.29) is 13.1 Å². The maximum atomic E-state index is 11.2. The van der Waals surface area contributed by atoms with Crippen LogP contribution in [0.25, 0.3) is 0 Å². The van der Waals surface area contributed by atoms with Gasteiger partial charge in [0.05, 0.1) is 12.5 Å². The lowest BCUT2D eigenvalue weighted by molar-refractivity contribution is 0.416. The van der Waals surface area contributed by atoms with Crippen LogP contribution in [-0.2, 0) is 20.0 Å². The molecule has 0 amide bonds. The standard InChI is InChI=1S/C7H18N2O4S2/c1-4-6-9(15(3,12)13)7-5-8-14(2,10)11/h8H,4-7H2,1-3H3. The van der Waals surface area contributed by atoms with Crippen LogP contribution in [-0.4, -0.2) is 53.3 Å². The molecule has 0 bridgehead atoms. The van der Waals surface area contributed by atoms with Crippen molar-refractivity contribution in [2.45, 2.75) is 13.3 Å². The van der Waals surface area contributed by atoms with E-state index in [0.29, 0.717) is 13.0 Å². The number of rotatable bonds is 7. The Morgan fingerprint density at radius 3 is 1.93 bits per heavy atom. The molecule has 92 valence electrons. The van der Waals surface area contributed by atoms with Crippen LogP contribution in [0.2, 0.25) is 0 Å². The monoisotopic (exact) mass is 258 g/mol. The van der Waals surface area contributed by atoms with Crippen molar-refractivity contribution in [3.63, 3.8) is 0 Å². The van der Waals surface area contributed by atoms with Crippen LogP contribution in [0.1, 0.15) is 13.3 Å². The maximum absolute atomic E-state index is 11.2. The van der Waals surface area contributed by atoms with Crippen molar-refractivity contribution in [1.29, 1.82) is 0 Å². The van der Waals surface area contributed by atoms with Gasteiger partial charge in [0, 0.05) is 19.6 Å². The summed E-state index contributed by atoms with van der Waals surface area (Å²) in [5.74, 6) is 0. The van der Waals surface area contributed by atoms with Crippen molar-refractivity contribution in [2.75, 3.05) is 32.1 Å². The number of hydrogen-bond donors (Lipinski definition) is 1. The van der Waals surface area contributed by atoms with Gasteiger partial charge in [-0.2, -0.15) is 0 Å². The van der Waals surface area contributed by atoms with Crippen molar-refractivity contribution < 1.29 is 16.8 Å². The third-order valence-electron chi connectivity index (χ3n) is 1.67. The van der Waals surface area contributed by atoms with E-state index in [2.05, 4.69) is 4.72 Å². The predicted octanol–water partition coefficient (Wildman–Crippen LogP) is -0.793. The van der Waals surface area contributed by atoms with E-state index in [1.54, 1.807) is 0 Å². The fourth-order valence-corrected chi connectivity index (χ4v) is 2.45. The Morgan fingerprint density at radius 1 is 1.07 bits per heavy atom. The average molecular weight is 258 g/mol.